The molecule has 8 atom stereocenters. The number of aliphatic hydroxyl groups excluding tert-OH is 2. The number of rotatable bonds is 3. The number of halogens is 1. The Hall–Kier alpha value is -0.770. The fraction of sp³-hybridized carbons (Fsp3) is 0.700. The summed E-state index contributed by atoms with van der Waals surface area (Å²) in [5.41, 5.74) is -0.148. The molecule has 0 radical (unpaired) electrons. The van der Waals surface area contributed by atoms with Crippen LogP contribution in [0.15, 0.2) is 18.2 Å². The Morgan fingerprint density at radius 2 is 2.11 bits per heavy atom. The zero-order valence-electron chi connectivity index (χ0n) is 16.5. The molecular formula is C20H30ClN3O4. The van der Waals surface area contributed by atoms with Crippen LogP contribution in [0.4, 0.5) is 0 Å². The van der Waals surface area contributed by atoms with Gasteiger partial charge in [-0.05, 0) is 44.4 Å². The molecule has 3 heterocycles. The number of aryl methyl sites for hydroxylation is 1. The Morgan fingerprint density at radius 3 is 2.82 bits per heavy atom. The van der Waals surface area contributed by atoms with Crippen molar-refractivity contribution in [2.24, 2.45) is 5.92 Å². The van der Waals surface area contributed by atoms with Crippen LogP contribution in [0.1, 0.15) is 37.5 Å². The van der Waals surface area contributed by atoms with Gasteiger partial charge in [0.1, 0.15) is 30.1 Å². The van der Waals surface area contributed by atoms with E-state index in [9.17, 15) is 15.3 Å². The second-order valence-electron chi connectivity index (χ2n) is 8.58. The number of ether oxygens (including phenoxy) is 1. The van der Waals surface area contributed by atoms with Gasteiger partial charge < -0.3 is 25.4 Å². The fourth-order valence-electron chi connectivity index (χ4n) is 4.89. The van der Waals surface area contributed by atoms with Crippen molar-refractivity contribution >= 4 is 11.6 Å². The molecule has 5 N–H and O–H groups in total. The molecule has 0 aromatic heterocycles. The van der Waals surface area contributed by atoms with Gasteiger partial charge in [0.2, 0.25) is 0 Å². The van der Waals surface area contributed by atoms with E-state index >= 15 is 0 Å². The summed E-state index contributed by atoms with van der Waals surface area (Å²) >= 11 is 6.09. The number of nitrogens with zero attached hydrogens (tertiary/aromatic N) is 1. The summed E-state index contributed by atoms with van der Waals surface area (Å²) < 4.78 is 6.13. The number of hydrogen-bond donors (Lipinski definition) is 5. The van der Waals surface area contributed by atoms with Crippen molar-refractivity contribution in [2.45, 2.75) is 69.5 Å². The van der Waals surface area contributed by atoms with E-state index in [1.165, 1.54) is 6.92 Å². The summed E-state index contributed by atoms with van der Waals surface area (Å²) in [4.78, 5) is 2.08. The van der Waals surface area contributed by atoms with Gasteiger partial charge >= 0.3 is 0 Å². The van der Waals surface area contributed by atoms with Crippen molar-refractivity contribution in [1.29, 1.82) is 0 Å². The highest BCUT2D eigenvalue weighted by atomic mass is 35.5. The first-order valence-corrected chi connectivity index (χ1v) is 10.3. The number of benzene rings is 1. The van der Waals surface area contributed by atoms with Crippen LogP contribution in [0.3, 0.4) is 0 Å². The first-order valence-electron chi connectivity index (χ1n) is 9.94. The molecule has 8 heteroatoms. The molecule has 3 saturated heterocycles. The van der Waals surface area contributed by atoms with Crippen LogP contribution in [0.2, 0.25) is 5.02 Å². The minimum absolute atomic E-state index is 0.0698. The first-order chi connectivity index (χ1) is 13.2. The predicted molar refractivity (Wildman–Crippen MR) is 106 cm³/mol. The molecule has 3 aliphatic rings. The molecule has 0 amide bonds. The molecule has 1 aromatic rings. The first kappa shape index (κ1) is 20.5. The molecule has 7 nitrogen and oxygen atoms in total. The Morgan fingerprint density at radius 1 is 1.36 bits per heavy atom. The van der Waals surface area contributed by atoms with Crippen LogP contribution in [-0.4, -0.2) is 69.7 Å². The summed E-state index contributed by atoms with van der Waals surface area (Å²) in [6.07, 6.45) is -2.80. The lowest BCUT2D eigenvalue weighted by atomic mass is 9.88. The second-order valence-corrected chi connectivity index (χ2v) is 8.99. The van der Waals surface area contributed by atoms with Gasteiger partial charge in [-0.15, -0.1) is 0 Å². The van der Waals surface area contributed by atoms with E-state index in [4.69, 9.17) is 16.3 Å². The van der Waals surface area contributed by atoms with E-state index in [1.807, 2.05) is 6.92 Å². The van der Waals surface area contributed by atoms with Gasteiger partial charge in [-0.2, -0.15) is 0 Å². The largest absolute Gasteiger partial charge is 0.386 e. The van der Waals surface area contributed by atoms with Gasteiger partial charge in [0.05, 0.1) is 6.17 Å². The molecule has 3 unspecified atom stereocenters. The van der Waals surface area contributed by atoms with Crippen LogP contribution in [0.25, 0.3) is 0 Å². The number of likely N-dealkylation sites (tertiary alicyclic amines) is 1. The van der Waals surface area contributed by atoms with Gasteiger partial charge in [0, 0.05) is 30.2 Å². The maximum absolute atomic E-state index is 11.0. The Bertz CT molecular complexity index is 733. The van der Waals surface area contributed by atoms with E-state index in [2.05, 4.69) is 22.5 Å². The number of aliphatic hydroxyl groups is 3. The fourth-order valence-corrected chi connectivity index (χ4v) is 5.01. The molecular weight excluding hydrogens is 382 g/mol. The third-order valence-electron chi connectivity index (χ3n) is 6.73. The van der Waals surface area contributed by atoms with Gasteiger partial charge in [0.25, 0.3) is 0 Å². The normalized spacial score (nSPS) is 42.5. The molecule has 4 rings (SSSR count). The minimum atomic E-state index is -1.59. The van der Waals surface area contributed by atoms with Gasteiger partial charge in [-0.3, -0.25) is 10.2 Å². The summed E-state index contributed by atoms with van der Waals surface area (Å²) in [6.45, 7) is 7.00. The highest BCUT2D eigenvalue weighted by Gasteiger charge is 2.58. The van der Waals surface area contributed by atoms with Crippen LogP contribution < -0.4 is 10.6 Å². The topological polar surface area (TPSA) is 97.2 Å². The van der Waals surface area contributed by atoms with Crippen LogP contribution in [-0.2, 0) is 4.74 Å². The molecule has 0 saturated carbocycles. The molecule has 0 aliphatic carbocycles. The maximum atomic E-state index is 11.0. The van der Waals surface area contributed by atoms with Crippen molar-refractivity contribution < 1.29 is 20.1 Å². The molecule has 156 valence electrons. The lowest BCUT2D eigenvalue weighted by Gasteiger charge is -2.40. The number of hydrogen-bond acceptors (Lipinski definition) is 7. The third kappa shape index (κ3) is 3.28. The van der Waals surface area contributed by atoms with Crippen molar-refractivity contribution in [3.63, 3.8) is 0 Å². The van der Waals surface area contributed by atoms with E-state index < -0.39 is 30.1 Å². The van der Waals surface area contributed by atoms with Crippen molar-refractivity contribution in [2.75, 3.05) is 13.2 Å². The van der Waals surface area contributed by atoms with E-state index in [0.717, 1.165) is 18.5 Å². The van der Waals surface area contributed by atoms with E-state index in [0.29, 0.717) is 29.2 Å². The average molecular weight is 412 g/mol. The van der Waals surface area contributed by atoms with Gasteiger partial charge in [0.15, 0.2) is 0 Å². The molecule has 0 bridgehead atoms. The van der Waals surface area contributed by atoms with Crippen molar-refractivity contribution in [3.8, 4) is 0 Å². The zero-order chi connectivity index (χ0) is 20.2. The molecule has 28 heavy (non-hydrogen) atoms. The lowest BCUT2D eigenvalue weighted by Crippen LogP contribution is -2.62. The average Bonchev–Trinajstić information content (AvgIpc) is 3.17. The zero-order valence-corrected chi connectivity index (χ0v) is 17.2. The van der Waals surface area contributed by atoms with E-state index in [-0.39, 0.29) is 6.17 Å². The molecule has 3 fully saturated rings. The quantitative estimate of drug-likeness (QED) is 0.499. The van der Waals surface area contributed by atoms with Crippen LogP contribution >= 0.6 is 11.6 Å². The second kappa shape index (κ2) is 7.49. The molecule has 3 aliphatic heterocycles. The number of nitrogens with one attached hydrogen (secondary N) is 2. The van der Waals surface area contributed by atoms with Crippen LogP contribution in [0.5, 0.6) is 0 Å². The lowest BCUT2D eigenvalue weighted by molar-refractivity contribution is -0.133. The Kier molecular flexibility index (Phi) is 5.48. The van der Waals surface area contributed by atoms with Crippen molar-refractivity contribution in [3.05, 3.63) is 34.3 Å². The monoisotopic (exact) mass is 411 g/mol. The third-order valence-corrected chi connectivity index (χ3v) is 7.15. The SMILES string of the molecule is Cc1cc([C@@H](O)[C@H]2O[C@@H](N3CCC4C(C)NCNC43)[C@H](O)[C@]2(C)O)ccc1Cl. The molecule has 1 aromatic carbocycles. The highest BCUT2D eigenvalue weighted by molar-refractivity contribution is 6.31. The Labute approximate surface area is 170 Å². The minimum Gasteiger partial charge on any atom is -0.386 e. The van der Waals surface area contributed by atoms with Gasteiger partial charge in [-0.1, -0.05) is 23.7 Å². The van der Waals surface area contributed by atoms with E-state index in [1.54, 1.807) is 18.2 Å². The summed E-state index contributed by atoms with van der Waals surface area (Å²) in [5, 5.41) is 40.3. The highest BCUT2D eigenvalue weighted by Crippen LogP contribution is 2.42. The summed E-state index contributed by atoms with van der Waals surface area (Å²) in [6, 6.07) is 5.60. The molecule has 0 spiro atoms. The maximum Gasteiger partial charge on any atom is 0.141 e. The van der Waals surface area contributed by atoms with Crippen molar-refractivity contribution in [1.82, 2.24) is 15.5 Å². The smallest absolute Gasteiger partial charge is 0.141 e. The predicted octanol–water partition coefficient (Wildman–Crippen LogP) is 0.705. The summed E-state index contributed by atoms with van der Waals surface area (Å²) in [7, 11) is 0. The van der Waals surface area contributed by atoms with Crippen LogP contribution in [0, 0.1) is 12.8 Å². The number of fused-ring (bicyclic) bond motifs is 1. The Balaban J connectivity index is 1.57. The standard InChI is InChI=1S/C20H30ClN3O4/c1-10-8-12(4-5-14(10)21)15(25)17-20(3,27)16(26)19(28-17)24-7-6-13-11(2)22-9-23-18(13)24/h4-5,8,11,13,15-19,22-23,25-27H,6-7,9H2,1-3H3/t11?,13?,15-,16+,17-,18?,19-,20+/m1/s1. The summed E-state index contributed by atoms with van der Waals surface area (Å²) in [5.74, 6) is 0.400. The van der Waals surface area contributed by atoms with Gasteiger partial charge in [-0.25, -0.2) is 0 Å².